The van der Waals surface area contributed by atoms with Crippen molar-refractivity contribution in [1.29, 1.82) is 0 Å². The van der Waals surface area contributed by atoms with Gasteiger partial charge in [-0.2, -0.15) is 0 Å². The van der Waals surface area contributed by atoms with Crippen LogP contribution in [0.15, 0.2) is 24.3 Å². The summed E-state index contributed by atoms with van der Waals surface area (Å²) in [6.45, 7) is 6.18. The molecule has 0 aliphatic heterocycles. The van der Waals surface area contributed by atoms with Crippen LogP contribution in [0, 0.1) is 5.92 Å². The highest BCUT2D eigenvalue weighted by Crippen LogP contribution is 2.16. The van der Waals surface area contributed by atoms with Gasteiger partial charge in [-0.25, -0.2) is 0 Å². The standard InChI is InChI=1S/C16H23ClN2O3/c1-4-19(9-10-20)16(22)14(11(2)3)18-15(21)12-7-5-6-8-13(12)17/h5-8,11,14,20H,4,9-10H2,1-3H3,(H,18,21)/t14-/m0/s1. The molecule has 0 bridgehead atoms. The Morgan fingerprint density at radius 2 is 1.95 bits per heavy atom. The number of amides is 2. The average molecular weight is 327 g/mol. The Labute approximate surface area is 136 Å². The molecule has 0 heterocycles. The first-order valence-electron chi connectivity index (χ1n) is 7.37. The normalized spacial score (nSPS) is 12.1. The summed E-state index contributed by atoms with van der Waals surface area (Å²) in [5.74, 6) is -0.656. The topological polar surface area (TPSA) is 69.6 Å². The van der Waals surface area contributed by atoms with Gasteiger partial charge in [-0.3, -0.25) is 9.59 Å². The second-order valence-corrected chi connectivity index (χ2v) is 5.72. The van der Waals surface area contributed by atoms with Gasteiger partial charge < -0.3 is 15.3 Å². The number of carbonyl (C=O) groups is 2. The molecule has 0 saturated heterocycles. The zero-order chi connectivity index (χ0) is 16.7. The fourth-order valence-electron chi connectivity index (χ4n) is 2.12. The molecule has 0 unspecified atom stereocenters. The van der Waals surface area contributed by atoms with Crippen LogP contribution in [0.2, 0.25) is 5.02 Å². The van der Waals surface area contributed by atoms with E-state index in [2.05, 4.69) is 5.32 Å². The Hall–Kier alpha value is -1.59. The van der Waals surface area contributed by atoms with Gasteiger partial charge in [-0.15, -0.1) is 0 Å². The summed E-state index contributed by atoms with van der Waals surface area (Å²) < 4.78 is 0. The number of benzene rings is 1. The molecule has 1 aromatic rings. The number of rotatable bonds is 7. The maximum Gasteiger partial charge on any atom is 0.253 e. The lowest BCUT2D eigenvalue weighted by molar-refractivity contribution is -0.134. The predicted octanol–water partition coefficient (Wildman–Crippen LogP) is 1.94. The van der Waals surface area contributed by atoms with Gasteiger partial charge in [0.05, 0.1) is 17.2 Å². The number of hydrogen-bond acceptors (Lipinski definition) is 3. The fourth-order valence-corrected chi connectivity index (χ4v) is 2.34. The first kappa shape index (κ1) is 18.5. The lowest BCUT2D eigenvalue weighted by Gasteiger charge is -2.28. The van der Waals surface area contributed by atoms with Crippen molar-refractivity contribution in [2.45, 2.75) is 26.8 Å². The summed E-state index contributed by atoms with van der Waals surface area (Å²) in [6, 6.07) is 6.05. The van der Waals surface area contributed by atoms with Crippen molar-refractivity contribution in [3.8, 4) is 0 Å². The smallest absolute Gasteiger partial charge is 0.253 e. The van der Waals surface area contributed by atoms with Crippen LogP contribution in [-0.4, -0.2) is 47.6 Å². The summed E-state index contributed by atoms with van der Waals surface area (Å²) in [5.41, 5.74) is 0.341. The van der Waals surface area contributed by atoms with Crippen molar-refractivity contribution in [3.63, 3.8) is 0 Å². The van der Waals surface area contributed by atoms with Gasteiger partial charge in [0.25, 0.3) is 5.91 Å². The molecule has 1 atom stereocenters. The van der Waals surface area contributed by atoms with E-state index in [1.165, 1.54) is 4.90 Å². The van der Waals surface area contributed by atoms with Crippen LogP contribution in [0.4, 0.5) is 0 Å². The summed E-state index contributed by atoms with van der Waals surface area (Å²) in [6.07, 6.45) is 0. The van der Waals surface area contributed by atoms with Crippen LogP contribution in [-0.2, 0) is 4.79 Å². The Morgan fingerprint density at radius 3 is 2.45 bits per heavy atom. The Kier molecular flexibility index (Phi) is 7.35. The van der Waals surface area contributed by atoms with Gasteiger partial charge in [-0.1, -0.05) is 37.6 Å². The number of halogens is 1. The van der Waals surface area contributed by atoms with E-state index in [1.54, 1.807) is 24.3 Å². The lowest BCUT2D eigenvalue weighted by atomic mass is 10.0. The number of hydrogen-bond donors (Lipinski definition) is 2. The predicted molar refractivity (Wildman–Crippen MR) is 86.9 cm³/mol. The summed E-state index contributed by atoms with van der Waals surface area (Å²) in [4.78, 5) is 26.4. The minimum Gasteiger partial charge on any atom is -0.395 e. The number of nitrogens with one attached hydrogen (secondary N) is 1. The highest BCUT2D eigenvalue weighted by Gasteiger charge is 2.28. The molecule has 0 spiro atoms. The van der Waals surface area contributed by atoms with Gasteiger partial charge in [0, 0.05) is 13.1 Å². The Bertz CT molecular complexity index is 520. The quantitative estimate of drug-likeness (QED) is 0.804. The van der Waals surface area contributed by atoms with Gasteiger partial charge >= 0.3 is 0 Å². The van der Waals surface area contributed by atoms with Crippen LogP contribution in [0.3, 0.4) is 0 Å². The molecular formula is C16H23ClN2O3. The summed E-state index contributed by atoms with van der Waals surface area (Å²) in [7, 11) is 0. The molecule has 0 radical (unpaired) electrons. The molecule has 1 aromatic carbocycles. The molecule has 5 nitrogen and oxygen atoms in total. The van der Waals surface area contributed by atoms with Crippen LogP contribution < -0.4 is 5.32 Å². The van der Waals surface area contributed by atoms with E-state index >= 15 is 0 Å². The maximum absolute atomic E-state index is 12.5. The average Bonchev–Trinajstić information content (AvgIpc) is 2.49. The van der Waals surface area contributed by atoms with Crippen molar-refractivity contribution in [1.82, 2.24) is 10.2 Å². The molecule has 0 aliphatic rings. The third kappa shape index (κ3) is 4.71. The highest BCUT2D eigenvalue weighted by atomic mass is 35.5. The second kappa shape index (κ2) is 8.76. The number of nitrogens with zero attached hydrogens (tertiary/aromatic N) is 1. The molecule has 0 fully saturated rings. The molecule has 0 aromatic heterocycles. The van der Waals surface area contributed by atoms with Crippen LogP contribution in [0.1, 0.15) is 31.1 Å². The van der Waals surface area contributed by atoms with Gasteiger partial charge in [0.1, 0.15) is 6.04 Å². The molecule has 6 heteroatoms. The molecule has 122 valence electrons. The van der Waals surface area contributed by atoms with Crippen LogP contribution in [0.25, 0.3) is 0 Å². The number of likely N-dealkylation sites (N-methyl/N-ethyl adjacent to an activating group) is 1. The lowest BCUT2D eigenvalue weighted by Crippen LogP contribution is -2.51. The van der Waals surface area contributed by atoms with E-state index < -0.39 is 6.04 Å². The van der Waals surface area contributed by atoms with Gasteiger partial charge in [0.15, 0.2) is 0 Å². The number of aliphatic hydroxyl groups is 1. The van der Waals surface area contributed by atoms with E-state index in [9.17, 15) is 9.59 Å². The van der Waals surface area contributed by atoms with E-state index in [0.717, 1.165) is 0 Å². The molecule has 2 N–H and O–H groups in total. The molecule has 1 rings (SSSR count). The highest BCUT2D eigenvalue weighted by molar-refractivity contribution is 6.33. The minimum absolute atomic E-state index is 0.0771. The zero-order valence-corrected chi connectivity index (χ0v) is 13.9. The van der Waals surface area contributed by atoms with Crippen molar-refractivity contribution >= 4 is 23.4 Å². The van der Waals surface area contributed by atoms with E-state index in [0.29, 0.717) is 17.1 Å². The van der Waals surface area contributed by atoms with Crippen molar-refractivity contribution < 1.29 is 14.7 Å². The minimum atomic E-state index is -0.657. The van der Waals surface area contributed by atoms with Gasteiger partial charge in [0.2, 0.25) is 5.91 Å². The fraction of sp³-hybridized carbons (Fsp3) is 0.500. The van der Waals surface area contributed by atoms with E-state index in [4.69, 9.17) is 16.7 Å². The molecular weight excluding hydrogens is 304 g/mol. The first-order valence-corrected chi connectivity index (χ1v) is 7.75. The second-order valence-electron chi connectivity index (χ2n) is 5.32. The van der Waals surface area contributed by atoms with E-state index in [1.807, 2.05) is 20.8 Å². The monoisotopic (exact) mass is 326 g/mol. The first-order chi connectivity index (χ1) is 10.4. The SMILES string of the molecule is CCN(CCO)C(=O)[C@@H](NC(=O)c1ccccc1Cl)C(C)C. The van der Waals surface area contributed by atoms with Crippen molar-refractivity contribution in [3.05, 3.63) is 34.9 Å². The van der Waals surface area contributed by atoms with Gasteiger partial charge in [-0.05, 0) is 25.0 Å². The van der Waals surface area contributed by atoms with Crippen LogP contribution in [0.5, 0.6) is 0 Å². The third-order valence-corrected chi connectivity index (χ3v) is 3.73. The number of aliphatic hydroxyl groups excluding tert-OH is 1. The molecule has 0 saturated carbocycles. The molecule has 0 aliphatic carbocycles. The largest absolute Gasteiger partial charge is 0.395 e. The van der Waals surface area contributed by atoms with Crippen molar-refractivity contribution in [2.75, 3.05) is 19.7 Å². The Balaban J connectivity index is 2.91. The third-order valence-electron chi connectivity index (χ3n) is 3.40. The van der Waals surface area contributed by atoms with Crippen molar-refractivity contribution in [2.24, 2.45) is 5.92 Å². The Morgan fingerprint density at radius 1 is 1.32 bits per heavy atom. The summed E-state index contributed by atoms with van der Waals surface area (Å²) >= 11 is 6.01. The van der Waals surface area contributed by atoms with Crippen LogP contribution >= 0.6 is 11.6 Å². The zero-order valence-electron chi connectivity index (χ0n) is 13.2. The van der Waals surface area contributed by atoms with E-state index in [-0.39, 0.29) is 30.9 Å². The molecule has 2 amide bonds. The number of carbonyl (C=O) groups excluding carboxylic acids is 2. The summed E-state index contributed by atoms with van der Waals surface area (Å²) in [5, 5.41) is 12.1. The molecule has 22 heavy (non-hydrogen) atoms. The maximum atomic E-state index is 12.5.